The van der Waals surface area contributed by atoms with Gasteiger partial charge in [0.2, 0.25) is 0 Å². The van der Waals surface area contributed by atoms with Crippen molar-refractivity contribution in [3.8, 4) is 0 Å². The molecular weight excluding hydrogens is 200 g/mol. The van der Waals surface area contributed by atoms with E-state index in [0.717, 1.165) is 19.5 Å². The van der Waals surface area contributed by atoms with Crippen molar-refractivity contribution in [1.82, 2.24) is 10.6 Å². The van der Waals surface area contributed by atoms with Gasteiger partial charge in [-0.05, 0) is 54.0 Å². The SMILES string of the molecule is CC1(NC2CC(C)(C)OC2(C)C)CCNC1. The van der Waals surface area contributed by atoms with Gasteiger partial charge in [0.1, 0.15) is 0 Å². The van der Waals surface area contributed by atoms with E-state index in [4.69, 9.17) is 4.74 Å². The first-order valence-corrected chi connectivity index (χ1v) is 6.41. The summed E-state index contributed by atoms with van der Waals surface area (Å²) in [6.07, 6.45) is 2.30. The first-order valence-electron chi connectivity index (χ1n) is 6.41. The fourth-order valence-corrected chi connectivity index (χ4v) is 3.15. The minimum absolute atomic E-state index is 0.00353. The fraction of sp³-hybridized carbons (Fsp3) is 1.00. The summed E-state index contributed by atoms with van der Waals surface area (Å²) in [5.74, 6) is 0. The van der Waals surface area contributed by atoms with Crippen molar-refractivity contribution in [3.63, 3.8) is 0 Å². The molecule has 0 saturated carbocycles. The third-order valence-corrected chi connectivity index (χ3v) is 3.97. The van der Waals surface area contributed by atoms with E-state index in [-0.39, 0.29) is 16.7 Å². The van der Waals surface area contributed by atoms with Gasteiger partial charge in [0.05, 0.1) is 11.2 Å². The fourth-order valence-electron chi connectivity index (χ4n) is 3.15. The lowest BCUT2D eigenvalue weighted by atomic mass is 9.90. The molecule has 2 heterocycles. The topological polar surface area (TPSA) is 33.3 Å². The summed E-state index contributed by atoms with van der Waals surface area (Å²) in [4.78, 5) is 0. The van der Waals surface area contributed by atoms with Crippen LogP contribution >= 0.6 is 0 Å². The summed E-state index contributed by atoms with van der Waals surface area (Å²) in [7, 11) is 0. The number of hydrogen-bond donors (Lipinski definition) is 2. The summed E-state index contributed by atoms with van der Waals surface area (Å²) < 4.78 is 6.12. The molecule has 0 aromatic carbocycles. The largest absolute Gasteiger partial charge is 0.368 e. The van der Waals surface area contributed by atoms with Crippen molar-refractivity contribution in [3.05, 3.63) is 0 Å². The maximum atomic E-state index is 6.12. The lowest BCUT2D eigenvalue weighted by molar-refractivity contribution is -0.0713. The maximum absolute atomic E-state index is 6.12. The van der Waals surface area contributed by atoms with Gasteiger partial charge in [-0.25, -0.2) is 0 Å². The molecular formula is C13H26N2O. The summed E-state index contributed by atoms with van der Waals surface area (Å²) in [6, 6.07) is 0.451. The number of ether oxygens (including phenoxy) is 1. The molecule has 2 aliphatic rings. The predicted molar refractivity (Wildman–Crippen MR) is 66.7 cm³/mol. The Hall–Kier alpha value is -0.120. The zero-order chi connectivity index (χ0) is 12.0. The molecule has 0 aromatic rings. The number of nitrogens with one attached hydrogen (secondary N) is 2. The van der Waals surface area contributed by atoms with Gasteiger partial charge in [0.15, 0.2) is 0 Å². The van der Waals surface area contributed by atoms with E-state index in [1.807, 2.05) is 0 Å². The molecule has 16 heavy (non-hydrogen) atoms. The van der Waals surface area contributed by atoms with Crippen LogP contribution in [-0.2, 0) is 4.74 Å². The second-order valence-electron chi connectivity index (χ2n) is 6.85. The van der Waals surface area contributed by atoms with Crippen molar-refractivity contribution >= 4 is 0 Å². The third-order valence-electron chi connectivity index (χ3n) is 3.97. The lowest BCUT2D eigenvalue weighted by Gasteiger charge is -2.35. The quantitative estimate of drug-likeness (QED) is 0.751. The zero-order valence-electron chi connectivity index (χ0n) is 11.3. The summed E-state index contributed by atoms with van der Waals surface area (Å²) in [5, 5.41) is 7.24. The molecule has 2 atom stereocenters. The van der Waals surface area contributed by atoms with Crippen LogP contribution in [0.1, 0.15) is 47.5 Å². The van der Waals surface area contributed by atoms with E-state index in [2.05, 4.69) is 45.3 Å². The van der Waals surface area contributed by atoms with E-state index in [9.17, 15) is 0 Å². The molecule has 0 bridgehead atoms. The zero-order valence-corrected chi connectivity index (χ0v) is 11.3. The van der Waals surface area contributed by atoms with Gasteiger partial charge in [-0.1, -0.05) is 0 Å². The molecule has 2 unspecified atom stereocenters. The van der Waals surface area contributed by atoms with Crippen LogP contribution in [0.5, 0.6) is 0 Å². The molecule has 2 rings (SSSR count). The van der Waals surface area contributed by atoms with Gasteiger partial charge < -0.3 is 15.4 Å². The summed E-state index contributed by atoms with van der Waals surface area (Å²) >= 11 is 0. The molecule has 3 nitrogen and oxygen atoms in total. The number of hydrogen-bond acceptors (Lipinski definition) is 3. The second kappa shape index (κ2) is 3.69. The van der Waals surface area contributed by atoms with Crippen LogP contribution in [0.2, 0.25) is 0 Å². The van der Waals surface area contributed by atoms with Gasteiger partial charge in [-0.3, -0.25) is 0 Å². The summed E-state index contributed by atoms with van der Waals surface area (Å²) in [5.41, 5.74) is 0.185. The highest BCUT2D eigenvalue weighted by molar-refractivity contribution is 5.04. The monoisotopic (exact) mass is 226 g/mol. The van der Waals surface area contributed by atoms with Crippen LogP contribution in [0, 0.1) is 0 Å². The highest BCUT2D eigenvalue weighted by Gasteiger charge is 2.48. The van der Waals surface area contributed by atoms with Crippen LogP contribution in [0.15, 0.2) is 0 Å². The van der Waals surface area contributed by atoms with Crippen LogP contribution in [-0.4, -0.2) is 35.9 Å². The van der Waals surface area contributed by atoms with Crippen molar-refractivity contribution in [2.45, 2.75) is 70.2 Å². The molecule has 0 radical (unpaired) electrons. The summed E-state index contributed by atoms with van der Waals surface area (Å²) in [6.45, 7) is 13.3. The van der Waals surface area contributed by atoms with E-state index < -0.39 is 0 Å². The number of rotatable bonds is 2. The van der Waals surface area contributed by atoms with Gasteiger partial charge in [-0.15, -0.1) is 0 Å². The standard InChI is InChI=1S/C13H26N2O/c1-11(2)8-10(12(3,4)16-11)15-13(5)6-7-14-9-13/h10,14-15H,6-9H2,1-5H3. The Bertz CT molecular complexity index is 267. The Morgan fingerprint density at radius 3 is 2.31 bits per heavy atom. The van der Waals surface area contributed by atoms with Crippen LogP contribution in [0.4, 0.5) is 0 Å². The van der Waals surface area contributed by atoms with Crippen LogP contribution < -0.4 is 10.6 Å². The Labute approximate surface area is 99.3 Å². The molecule has 0 aliphatic carbocycles. The molecule has 0 spiro atoms. The Kier molecular flexibility index (Phi) is 2.84. The predicted octanol–water partition coefficient (Wildman–Crippen LogP) is 1.67. The molecule has 2 N–H and O–H groups in total. The maximum Gasteiger partial charge on any atom is 0.0787 e. The molecule has 2 saturated heterocycles. The first kappa shape index (κ1) is 12.3. The molecule has 0 aromatic heterocycles. The lowest BCUT2D eigenvalue weighted by Crippen LogP contribution is -2.55. The average molecular weight is 226 g/mol. The molecule has 94 valence electrons. The third kappa shape index (κ3) is 2.41. The van der Waals surface area contributed by atoms with Crippen molar-refractivity contribution < 1.29 is 4.74 Å². The normalized spacial score (nSPS) is 41.4. The second-order valence-corrected chi connectivity index (χ2v) is 6.85. The molecule has 0 amide bonds. The Morgan fingerprint density at radius 1 is 1.19 bits per heavy atom. The average Bonchev–Trinajstić information content (AvgIpc) is 2.55. The highest BCUT2D eigenvalue weighted by Crippen LogP contribution is 2.38. The Morgan fingerprint density at radius 2 is 1.88 bits per heavy atom. The van der Waals surface area contributed by atoms with Crippen LogP contribution in [0.3, 0.4) is 0 Å². The smallest absolute Gasteiger partial charge is 0.0787 e. The first-order chi connectivity index (χ1) is 7.23. The van der Waals surface area contributed by atoms with Gasteiger partial charge in [0.25, 0.3) is 0 Å². The van der Waals surface area contributed by atoms with Gasteiger partial charge >= 0.3 is 0 Å². The highest BCUT2D eigenvalue weighted by atomic mass is 16.5. The minimum Gasteiger partial charge on any atom is -0.368 e. The minimum atomic E-state index is -0.0604. The molecule has 2 aliphatic heterocycles. The van der Waals surface area contributed by atoms with Crippen molar-refractivity contribution in [1.29, 1.82) is 0 Å². The van der Waals surface area contributed by atoms with Crippen molar-refractivity contribution in [2.24, 2.45) is 0 Å². The van der Waals surface area contributed by atoms with E-state index in [1.165, 1.54) is 6.42 Å². The molecule has 3 heteroatoms. The van der Waals surface area contributed by atoms with Crippen molar-refractivity contribution in [2.75, 3.05) is 13.1 Å². The van der Waals surface area contributed by atoms with Crippen LogP contribution in [0.25, 0.3) is 0 Å². The van der Waals surface area contributed by atoms with Gasteiger partial charge in [0, 0.05) is 18.1 Å². The molecule has 2 fully saturated rings. The Balaban J connectivity index is 2.04. The van der Waals surface area contributed by atoms with E-state index >= 15 is 0 Å². The van der Waals surface area contributed by atoms with Gasteiger partial charge in [-0.2, -0.15) is 0 Å². The van der Waals surface area contributed by atoms with E-state index in [0.29, 0.717) is 6.04 Å². The van der Waals surface area contributed by atoms with E-state index in [1.54, 1.807) is 0 Å².